The Morgan fingerprint density at radius 3 is 1.00 bits per heavy atom. The Kier molecular flexibility index (Phi) is 244. The van der Waals surface area contributed by atoms with Gasteiger partial charge in [0.15, 0.2) is 0 Å². The summed E-state index contributed by atoms with van der Waals surface area (Å²) in [5, 5.41) is 0. The summed E-state index contributed by atoms with van der Waals surface area (Å²) in [6, 6.07) is 0. The van der Waals surface area contributed by atoms with Crippen molar-refractivity contribution < 1.29 is 4.57 Å². The Morgan fingerprint density at radius 1 is 1.00 bits per heavy atom. The lowest BCUT2D eigenvalue weighted by Gasteiger charge is -0.873. The van der Waals surface area contributed by atoms with Crippen molar-refractivity contribution in [2.24, 2.45) is 0 Å². The molecule has 0 N–H and O–H groups in total. The van der Waals surface area contributed by atoms with Crippen LogP contribution in [0.4, 0.5) is 0 Å². The molecule has 0 amide bonds. The molecule has 1 nitrogen and oxygen atoms in total. The van der Waals surface area contributed by atoms with Gasteiger partial charge in [0.05, 0.1) is 9.12 Å². The van der Waals surface area contributed by atoms with Gasteiger partial charge in [-0.1, -0.05) is 0 Å². The third-order valence-electron chi connectivity index (χ3n) is 0. The first-order chi connectivity index (χ1) is 1.00. The fourth-order valence-corrected chi connectivity index (χ4v) is 0. The second-order valence-corrected chi connectivity index (χ2v) is 0. The van der Waals surface area contributed by atoms with Crippen molar-refractivity contribution in [3.8, 4) is 0 Å². The maximum absolute atomic E-state index is 8.28. The Morgan fingerprint density at radius 2 is 1.00 bits per heavy atom. The molecule has 1 atom stereocenters. The van der Waals surface area contributed by atoms with Crippen LogP contribution >= 0.6 is 33.9 Å². The highest BCUT2D eigenvalue weighted by Crippen LogP contribution is 1.23. The Bertz CT molecular complexity index is 6.00. The van der Waals surface area contributed by atoms with E-state index in [-0.39, 0.29) is 24.8 Å². The van der Waals surface area contributed by atoms with Crippen LogP contribution in [0, 0.1) is 0 Å². The maximum Gasteiger partial charge on any atom is 0.0527 e. The Hall–Kier alpha value is 0.810. The highest BCUT2D eigenvalue weighted by atomic mass is 35.5. The van der Waals surface area contributed by atoms with Crippen molar-refractivity contribution in [2.75, 3.05) is 0 Å². The molecule has 1 unspecified atom stereocenters. The fraction of sp³-hybridized carbons (Fsp3) is 0. The van der Waals surface area contributed by atoms with Crippen molar-refractivity contribution in [3.05, 3.63) is 0 Å². The molecule has 0 bridgehead atoms. The summed E-state index contributed by atoms with van der Waals surface area (Å²) in [5.41, 5.74) is 0. The summed E-state index contributed by atoms with van der Waals surface area (Å²) in [6.45, 7) is 0. The van der Waals surface area contributed by atoms with Crippen molar-refractivity contribution in [3.63, 3.8) is 0 Å². The molecule has 0 heterocycles. The summed E-state index contributed by atoms with van der Waals surface area (Å²) < 4.78 is 8.28. The van der Waals surface area contributed by atoms with Gasteiger partial charge in [0.1, 0.15) is 0 Å². The summed E-state index contributed by atoms with van der Waals surface area (Å²) >= 11 is 0. The monoisotopic (exact) mass is 122 g/mol. The van der Waals surface area contributed by atoms with Crippen molar-refractivity contribution in [1.29, 1.82) is 0 Å². The normalized spacial score (nSPS) is 2.00. The Balaban J connectivity index is -0.00000000500. The van der Waals surface area contributed by atoms with Gasteiger partial charge < -0.3 is 4.57 Å². The zero-order chi connectivity index (χ0) is 2.00. The van der Waals surface area contributed by atoms with Crippen LogP contribution in [0.1, 0.15) is 0 Å². The summed E-state index contributed by atoms with van der Waals surface area (Å²) in [6.07, 6.45) is 0. The van der Waals surface area contributed by atoms with Crippen LogP contribution in [0.2, 0.25) is 0 Å². The first kappa shape index (κ1) is 21.3. The zero-order valence-electron chi connectivity index (χ0n) is 1.93. The van der Waals surface area contributed by atoms with E-state index in [9.17, 15) is 0 Å². The molecule has 0 aromatic carbocycles. The maximum atomic E-state index is 8.28. The average molecular weight is 123 g/mol. The summed E-state index contributed by atoms with van der Waals surface area (Å²) in [7, 11) is 0.611. The third-order valence-corrected chi connectivity index (χ3v) is 0. The molecule has 0 aliphatic carbocycles. The van der Waals surface area contributed by atoms with Crippen LogP contribution in [0.3, 0.4) is 0 Å². The summed E-state index contributed by atoms with van der Waals surface area (Å²) in [4.78, 5) is 0. The minimum Gasteiger partial charge on any atom is -0.333 e. The van der Waals surface area contributed by atoms with Gasteiger partial charge in [-0.15, -0.1) is 24.8 Å². The van der Waals surface area contributed by atoms with Crippen LogP contribution in [0.25, 0.3) is 0 Å². The molecule has 0 radical (unpaired) electrons. The van der Waals surface area contributed by atoms with E-state index in [4.69, 9.17) is 4.57 Å². The SMILES string of the molecule is Cl.Cl.O=[PH3]. The van der Waals surface area contributed by atoms with Gasteiger partial charge in [-0.2, -0.15) is 0 Å². The molecule has 30 valence electrons. The third kappa shape index (κ3) is 14.0. The average Bonchev–Trinajstić information content (AvgIpc) is 1.00. The van der Waals surface area contributed by atoms with Crippen LogP contribution in [0.15, 0.2) is 0 Å². The standard InChI is InChI=1S/2ClH.H3OP/c;;1-2/h2*1H;2H3. The van der Waals surface area contributed by atoms with Gasteiger partial charge in [0.2, 0.25) is 0 Å². The smallest absolute Gasteiger partial charge is 0.0527 e. The lowest BCUT2D eigenvalue weighted by molar-refractivity contribution is 0.607. The van der Waals surface area contributed by atoms with Crippen LogP contribution < -0.4 is 0 Å². The van der Waals surface area contributed by atoms with Crippen molar-refractivity contribution in [2.45, 2.75) is 0 Å². The molecule has 4 heteroatoms. The first-order valence-corrected chi connectivity index (χ1v) is 0.866. The van der Waals surface area contributed by atoms with Crippen LogP contribution in [-0.2, 0) is 4.57 Å². The fourth-order valence-electron chi connectivity index (χ4n) is 0. The molecular formula is H5Cl2OP. The predicted molar refractivity (Wildman–Crippen MR) is 26.3 cm³/mol. The van der Waals surface area contributed by atoms with Gasteiger partial charge in [0, 0.05) is 0 Å². The highest BCUT2D eigenvalue weighted by Gasteiger charge is 0.593. The van der Waals surface area contributed by atoms with Gasteiger partial charge >= 0.3 is 0 Å². The van der Waals surface area contributed by atoms with Crippen molar-refractivity contribution in [1.82, 2.24) is 0 Å². The van der Waals surface area contributed by atoms with E-state index in [0.29, 0.717) is 9.12 Å². The van der Waals surface area contributed by atoms with E-state index in [1.807, 2.05) is 0 Å². The molecule has 0 aliphatic rings. The Labute approximate surface area is 39.2 Å². The number of halogens is 2. The molecule has 0 saturated carbocycles. The van der Waals surface area contributed by atoms with E-state index < -0.39 is 0 Å². The quantitative estimate of drug-likeness (QED) is 0.435. The molecule has 0 aromatic heterocycles. The first-order valence-electron chi connectivity index (χ1n) is 0.289. The second-order valence-electron chi connectivity index (χ2n) is 0. The van der Waals surface area contributed by atoms with E-state index >= 15 is 0 Å². The van der Waals surface area contributed by atoms with Crippen molar-refractivity contribution >= 4 is 33.9 Å². The lowest BCUT2D eigenvalue weighted by atomic mass is 16.0. The molecule has 0 fully saturated rings. The number of hydrogen-bond acceptors (Lipinski definition) is 1. The molecule has 4 heavy (non-hydrogen) atoms. The topological polar surface area (TPSA) is 17.1 Å². The molecule has 0 aromatic rings. The minimum absolute atomic E-state index is 0. The lowest BCUT2D eigenvalue weighted by Crippen LogP contribution is -0.489. The number of rotatable bonds is 0. The van der Waals surface area contributed by atoms with Crippen LogP contribution in [-0.4, -0.2) is 0 Å². The second kappa shape index (κ2) is 45.9. The molecule has 0 rings (SSSR count). The van der Waals surface area contributed by atoms with Gasteiger partial charge in [-0.3, -0.25) is 0 Å². The van der Waals surface area contributed by atoms with Gasteiger partial charge in [0.25, 0.3) is 0 Å². The highest BCUT2D eigenvalue weighted by molar-refractivity contribution is 7.00. The van der Waals surface area contributed by atoms with E-state index in [1.54, 1.807) is 0 Å². The molecular weight excluding hydrogens is 118 g/mol. The summed E-state index contributed by atoms with van der Waals surface area (Å²) in [5.74, 6) is 0. The molecule has 0 aliphatic heterocycles. The van der Waals surface area contributed by atoms with E-state index in [2.05, 4.69) is 0 Å². The van der Waals surface area contributed by atoms with E-state index in [0.717, 1.165) is 0 Å². The minimum atomic E-state index is 0. The predicted octanol–water partition coefficient (Wildman–Crippen LogP) is 0.783. The van der Waals surface area contributed by atoms with E-state index in [1.165, 1.54) is 0 Å². The zero-order valence-corrected chi connectivity index (χ0v) is 4.98. The molecule has 0 spiro atoms. The largest absolute Gasteiger partial charge is 0.333 e. The van der Waals surface area contributed by atoms with Gasteiger partial charge in [-0.25, -0.2) is 0 Å². The van der Waals surface area contributed by atoms with Gasteiger partial charge in [-0.05, 0) is 0 Å². The molecule has 0 saturated heterocycles. The van der Waals surface area contributed by atoms with Crippen LogP contribution in [0.5, 0.6) is 0 Å². The number of hydrogen-bond donors (Lipinski definition) is 0.